The molecule has 0 spiro atoms. The molecule has 1 aliphatic heterocycles. The summed E-state index contributed by atoms with van der Waals surface area (Å²) in [6.07, 6.45) is 1.75. The smallest absolute Gasteiger partial charge is 0.338 e. The van der Waals surface area contributed by atoms with Crippen LogP contribution in [-0.2, 0) is 4.74 Å². The first-order valence-corrected chi connectivity index (χ1v) is 11.4. The molecule has 0 bridgehead atoms. The maximum atomic E-state index is 12.3. The van der Waals surface area contributed by atoms with Crippen LogP contribution in [0.4, 0.5) is 5.69 Å². The Kier molecular flexibility index (Phi) is 6.20. The monoisotopic (exact) mass is 485 g/mol. The van der Waals surface area contributed by atoms with Crippen molar-refractivity contribution >= 4 is 29.0 Å². The number of ether oxygens (including phenoxy) is 2. The zero-order chi connectivity index (χ0) is 24.4. The maximum absolute atomic E-state index is 12.3. The number of aromatic nitrogens is 1. The van der Waals surface area contributed by atoms with Gasteiger partial charge < -0.3 is 24.1 Å². The van der Waals surface area contributed by atoms with Gasteiger partial charge >= 0.3 is 5.97 Å². The highest BCUT2D eigenvalue weighted by Gasteiger charge is 2.43. The van der Waals surface area contributed by atoms with Gasteiger partial charge in [-0.25, -0.2) is 4.79 Å². The second-order valence-electron chi connectivity index (χ2n) is 7.91. The number of thiocarbonyl (C=S) groups is 1. The van der Waals surface area contributed by atoms with Crippen LogP contribution in [0.5, 0.6) is 5.75 Å². The Morgan fingerprint density at radius 1 is 1.00 bits per heavy atom. The lowest BCUT2D eigenvalue weighted by molar-refractivity contribution is 0.0601. The van der Waals surface area contributed by atoms with Crippen LogP contribution in [-0.4, -0.2) is 30.3 Å². The summed E-state index contributed by atoms with van der Waals surface area (Å²) in [6.45, 7) is 0. The fraction of sp³-hybridized carbons (Fsp3) is 0.148. The largest absolute Gasteiger partial charge is 0.495 e. The fourth-order valence-electron chi connectivity index (χ4n) is 4.37. The van der Waals surface area contributed by atoms with Crippen LogP contribution in [0.2, 0.25) is 0 Å². The normalized spacial score (nSPS) is 17.2. The van der Waals surface area contributed by atoms with E-state index in [1.165, 1.54) is 7.11 Å². The first kappa shape index (κ1) is 22.6. The minimum atomic E-state index is -0.427. The van der Waals surface area contributed by atoms with Crippen LogP contribution in [0.1, 0.15) is 33.9 Å². The lowest BCUT2D eigenvalue weighted by Crippen LogP contribution is -2.29. The fourth-order valence-corrected chi connectivity index (χ4v) is 4.71. The van der Waals surface area contributed by atoms with E-state index in [2.05, 4.69) is 10.3 Å². The first-order chi connectivity index (χ1) is 17.1. The number of benzene rings is 2. The van der Waals surface area contributed by atoms with Crippen LogP contribution in [0, 0.1) is 0 Å². The van der Waals surface area contributed by atoms with Crippen molar-refractivity contribution in [2.24, 2.45) is 0 Å². The number of methoxy groups -OCH3 is 2. The van der Waals surface area contributed by atoms with Gasteiger partial charge in [-0.2, -0.15) is 0 Å². The van der Waals surface area contributed by atoms with E-state index in [1.807, 2.05) is 71.6 Å². The molecule has 176 valence electrons. The highest BCUT2D eigenvalue weighted by Crippen LogP contribution is 2.45. The van der Waals surface area contributed by atoms with Crippen molar-refractivity contribution < 1.29 is 18.7 Å². The Labute approximate surface area is 208 Å². The molecule has 0 radical (unpaired) electrons. The van der Waals surface area contributed by atoms with E-state index in [-0.39, 0.29) is 12.1 Å². The summed E-state index contributed by atoms with van der Waals surface area (Å²) in [5.41, 5.74) is 2.71. The number of furan rings is 1. The molecular formula is C27H23N3O4S. The average Bonchev–Trinajstić information content (AvgIpc) is 3.53. The molecule has 0 amide bonds. The molecular weight excluding hydrogens is 462 g/mol. The molecule has 3 heterocycles. The topological polar surface area (TPSA) is 76.8 Å². The number of esters is 1. The molecule has 1 fully saturated rings. The molecule has 2 aromatic carbocycles. The standard InChI is InChI=1S/C27H23N3O4S/c1-32-22-13-6-5-12-20(22)30-25(24(29-27(30)35)19-11-7-8-16-28-19)23-15-14-21(34-23)17-9-3-4-10-18(17)26(31)33-2/h3-16,24-25H,1-2H3,(H,29,35)/t24-,25+/m1/s1. The van der Waals surface area contributed by atoms with Crippen LogP contribution >= 0.6 is 12.2 Å². The molecule has 1 aliphatic rings. The summed E-state index contributed by atoms with van der Waals surface area (Å²) >= 11 is 5.78. The molecule has 4 aromatic rings. The summed E-state index contributed by atoms with van der Waals surface area (Å²) in [5, 5.41) is 3.94. The van der Waals surface area contributed by atoms with Crippen LogP contribution in [0.15, 0.2) is 89.5 Å². The number of nitrogens with one attached hydrogen (secondary N) is 1. The summed E-state index contributed by atoms with van der Waals surface area (Å²) in [6, 6.07) is 23.8. The van der Waals surface area contributed by atoms with E-state index < -0.39 is 5.97 Å². The predicted octanol–water partition coefficient (Wildman–Crippen LogP) is 5.31. The lowest BCUT2D eigenvalue weighted by Gasteiger charge is -2.27. The molecule has 7 nitrogen and oxygen atoms in total. The molecule has 1 N–H and O–H groups in total. The molecule has 35 heavy (non-hydrogen) atoms. The number of nitrogens with zero attached hydrogens (tertiary/aromatic N) is 2. The van der Waals surface area contributed by atoms with Gasteiger partial charge in [0.15, 0.2) is 5.11 Å². The molecule has 5 rings (SSSR count). The molecule has 8 heteroatoms. The number of carbonyl (C=O) groups excluding carboxylic acids is 1. The summed E-state index contributed by atoms with van der Waals surface area (Å²) in [7, 11) is 2.99. The SMILES string of the molecule is COC(=O)c1ccccc1-c1ccc([C@H]2[C@@H](c3ccccn3)NC(=S)N2c2ccccc2OC)o1. The highest BCUT2D eigenvalue weighted by molar-refractivity contribution is 7.80. The van der Waals surface area contributed by atoms with Crippen molar-refractivity contribution in [3.05, 3.63) is 102 Å². The molecule has 2 atom stereocenters. The minimum absolute atomic E-state index is 0.275. The molecule has 2 aromatic heterocycles. The second kappa shape index (κ2) is 9.60. The number of rotatable bonds is 6. The zero-order valence-corrected chi connectivity index (χ0v) is 20.0. The lowest BCUT2D eigenvalue weighted by atomic mass is 10.0. The van der Waals surface area contributed by atoms with E-state index in [1.54, 1.807) is 25.4 Å². The van der Waals surface area contributed by atoms with Crippen molar-refractivity contribution in [2.45, 2.75) is 12.1 Å². The van der Waals surface area contributed by atoms with Gasteiger partial charge in [0.25, 0.3) is 0 Å². The predicted molar refractivity (Wildman–Crippen MR) is 136 cm³/mol. The van der Waals surface area contributed by atoms with Crippen molar-refractivity contribution in [1.29, 1.82) is 0 Å². The van der Waals surface area contributed by atoms with Gasteiger partial charge in [0, 0.05) is 11.8 Å². The number of hydrogen-bond acceptors (Lipinski definition) is 6. The Balaban J connectivity index is 1.63. The first-order valence-electron chi connectivity index (χ1n) is 11.0. The van der Waals surface area contributed by atoms with Gasteiger partial charge in [-0.3, -0.25) is 4.98 Å². The number of pyridine rings is 1. The van der Waals surface area contributed by atoms with Crippen molar-refractivity contribution in [3.63, 3.8) is 0 Å². The van der Waals surface area contributed by atoms with Crippen LogP contribution in [0.25, 0.3) is 11.3 Å². The Morgan fingerprint density at radius 2 is 1.77 bits per heavy atom. The Morgan fingerprint density at radius 3 is 2.54 bits per heavy atom. The number of hydrogen-bond donors (Lipinski definition) is 1. The average molecular weight is 486 g/mol. The van der Waals surface area contributed by atoms with Gasteiger partial charge in [0.1, 0.15) is 23.3 Å². The van der Waals surface area contributed by atoms with Crippen LogP contribution in [0.3, 0.4) is 0 Å². The van der Waals surface area contributed by atoms with Gasteiger partial charge in [0.2, 0.25) is 0 Å². The summed E-state index contributed by atoms with van der Waals surface area (Å²) < 4.78 is 17.0. The maximum Gasteiger partial charge on any atom is 0.338 e. The van der Waals surface area contributed by atoms with E-state index in [0.717, 1.165) is 11.4 Å². The van der Waals surface area contributed by atoms with E-state index in [4.69, 9.17) is 26.1 Å². The van der Waals surface area contributed by atoms with Crippen molar-refractivity contribution in [3.8, 4) is 17.1 Å². The highest BCUT2D eigenvalue weighted by atomic mass is 32.1. The van der Waals surface area contributed by atoms with Gasteiger partial charge in [-0.1, -0.05) is 36.4 Å². The number of para-hydroxylation sites is 2. The van der Waals surface area contributed by atoms with Gasteiger partial charge in [-0.05, 0) is 54.7 Å². The number of carbonyl (C=O) groups is 1. The van der Waals surface area contributed by atoms with Crippen molar-refractivity contribution in [1.82, 2.24) is 10.3 Å². The third-order valence-electron chi connectivity index (χ3n) is 5.96. The Bertz CT molecular complexity index is 1370. The molecule has 0 unspecified atom stereocenters. The minimum Gasteiger partial charge on any atom is -0.495 e. The van der Waals surface area contributed by atoms with E-state index >= 15 is 0 Å². The van der Waals surface area contributed by atoms with Gasteiger partial charge in [-0.15, -0.1) is 0 Å². The summed E-state index contributed by atoms with van der Waals surface area (Å²) in [5.74, 6) is 1.47. The van der Waals surface area contributed by atoms with E-state index in [0.29, 0.717) is 33.5 Å². The van der Waals surface area contributed by atoms with Crippen LogP contribution < -0.4 is 15.0 Å². The number of anilines is 1. The molecule has 0 saturated carbocycles. The zero-order valence-electron chi connectivity index (χ0n) is 19.2. The second-order valence-corrected chi connectivity index (χ2v) is 8.29. The Hall–Kier alpha value is -4.17. The van der Waals surface area contributed by atoms with Crippen molar-refractivity contribution in [2.75, 3.05) is 19.1 Å². The van der Waals surface area contributed by atoms with E-state index in [9.17, 15) is 4.79 Å². The molecule has 0 aliphatic carbocycles. The molecule has 1 saturated heterocycles. The quantitative estimate of drug-likeness (QED) is 0.291. The summed E-state index contributed by atoms with van der Waals surface area (Å²) in [4.78, 5) is 18.9. The third-order valence-corrected chi connectivity index (χ3v) is 6.27. The van der Waals surface area contributed by atoms with Gasteiger partial charge in [0.05, 0.1) is 37.2 Å². The third kappa shape index (κ3) is 4.13.